The van der Waals surface area contributed by atoms with Crippen molar-refractivity contribution in [1.29, 1.82) is 0 Å². The molecule has 70 valence electrons. The van der Waals surface area contributed by atoms with Gasteiger partial charge in [0.1, 0.15) is 5.60 Å². The van der Waals surface area contributed by atoms with Gasteiger partial charge in [-0.05, 0) is 31.6 Å². The fourth-order valence-corrected chi connectivity index (χ4v) is 1.94. The Kier molecular flexibility index (Phi) is 2.89. The van der Waals surface area contributed by atoms with E-state index >= 15 is 0 Å². The molecular formula is C10H18O2. The van der Waals surface area contributed by atoms with E-state index in [-0.39, 0.29) is 5.92 Å². The minimum atomic E-state index is -1.08. The topological polar surface area (TPSA) is 37.3 Å². The van der Waals surface area contributed by atoms with Crippen LogP contribution >= 0.6 is 0 Å². The highest BCUT2D eigenvalue weighted by atomic mass is 16.3. The highest BCUT2D eigenvalue weighted by Gasteiger charge is 2.33. The predicted octanol–water partition coefficient (Wildman–Crippen LogP) is 1.76. The lowest BCUT2D eigenvalue weighted by molar-refractivity contribution is -0.129. The number of carbonyl (C=O) groups is 1. The standard InChI is InChI=1S/C10H18O2/c1-8-3-5-9(6-4-8)10(2,12)7-11/h7-9,12H,3-6H2,1-2H3. The van der Waals surface area contributed by atoms with Gasteiger partial charge in [-0.3, -0.25) is 0 Å². The van der Waals surface area contributed by atoms with E-state index in [9.17, 15) is 9.90 Å². The summed E-state index contributed by atoms with van der Waals surface area (Å²) < 4.78 is 0. The molecule has 0 amide bonds. The van der Waals surface area contributed by atoms with E-state index in [1.807, 2.05) is 0 Å². The summed E-state index contributed by atoms with van der Waals surface area (Å²) in [5, 5.41) is 9.67. The molecule has 1 aliphatic carbocycles. The molecule has 0 radical (unpaired) electrons. The number of rotatable bonds is 2. The summed E-state index contributed by atoms with van der Waals surface area (Å²) in [7, 11) is 0. The summed E-state index contributed by atoms with van der Waals surface area (Å²) in [6.07, 6.45) is 4.97. The van der Waals surface area contributed by atoms with Gasteiger partial charge in [-0.15, -0.1) is 0 Å². The maximum atomic E-state index is 10.6. The molecule has 1 N–H and O–H groups in total. The van der Waals surface area contributed by atoms with Crippen molar-refractivity contribution in [2.45, 2.75) is 45.1 Å². The molecule has 0 heterocycles. The van der Waals surface area contributed by atoms with Crippen LogP contribution in [0.4, 0.5) is 0 Å². The molecule has 1 atom stereocenters. The number of aldehydes is 1. The lowest BCUT2D eigenvalue weighted by Gasteiger charge is -2.33. The largest absolute Gasteiger partial charge is 0.382 e. The van der Waals surface area contributed by atoms with Crippen LogP contribution < -0.4 is 0 Å². The molecule has 1 fully saturated rings. The van der Waals surface area contributed by atoms with Crippen molar-refractivity contribution < 1.29 is 9.90 Å². The maximum Gasteiger partial charge on any atom is 0.151 e. The highest BCUT2D eigenvalue weighted by Crippen LogP contribution is 2.34. The molecule has 1 rings (SSSR count). The summed E-state index contributed by atoms with van der Waals surface area (Å²) in [4.78, 5) is 10.6. The zero-order valence-electron chi connectivity index (χ0n) is 7.92. The minimum Gasteiger partial charge on any atom is -0.382 e. The summed E-state index contributed by atoms with van der Waals surface area (Å²) in [5.41, 5.74) is -1.08. The Balaban J connectivity index is 2.49. The second-order valence-electron chi connectivity index (χ2n) is 4.30. The third-order valence-corrected chi connectivity index (χ3v) is 3.08. The van der Waals surface area contributed by atoms with Crippen molar-refractivity contribution in [2.75, 3.05) is 0 Å². The van der Waals surface area contributed by atoms with E-state index in [1.54, 1.807) is 6.92 Å². The predicted molar refractivity (Wildman–Crippen MR) is 47.8 cm³/mol. The molecule has 0 bridgehead atoms. The first-order valence-corrected chi connectivity index (χ1v) is 4.75. The zero-order valence-corrected chi connectivity index (χ0v) is 7.92. The Bertz CT molecular complexity index is 155. The van der Waals surface area contributed by atoms with Crippen LogP contribution in [0.15, 0.2) is 0 Å². The van der Waals surface area contributed by atoms with Crippen molar-refractivity contribution >= 4 is 6.29 Å². The average molecular weight is 170 g/mol. The molecule has 1 aliphatic rings. The van der Waals surface area contributed by atoms with Gasteiger partial charge < -0.3 is 9.90 Å². The highest BCUT2D eigenvalue weighted by molar-refractivity contribution is 5.61. The molecule has 2 nitrogen and oxygen atoms in total. The summed E-state index contributed by atoms with van der Waals surface area (Å²) in [6, 6.07) is 0. The van der Waals surface area contributed by atoms with Gasteiger partial charge >= 0.3 is 0 Å². The number of aliphatic hydroxyl groups is 1. The fraction of sp³-hybridized carbons (Fsp3) is 0.900. The van der Waals surface area contributed by atoms with Crippen molar-refractivity contribution in [1.82, 2.24) is 0 Å². The minimum absolute atomic E-state index is 0.186. The molecule has 0 spiro atoms. The van der Waals surface area contributed by atoms with Gasteiger partial charge in [0.05, 0.1) is 0 Å². The summed E-state index contributed by atoms with van der Waals surface area (Å²) in [6.45, 7) is 3.85. The Hall–Kier alpha value is -0.370. The van der Waals surface area contributed by atoms with E-state index < -0.39 is 5.60 Å². The molecule has 1 saturated carbocycles. The van der Waals surface area contributed by atoms with Gasteiger partial charge in [0.25, 0.3) is 0 Å². The first-order valence-electron chi connectivity index (χ1n) is 4.75. The van der Waals surface area contributed by atoms with E-state index in [4.69, 9.17) is 0 Å². The fourth-order valence-electron chi connectivity index (χ4n) is 1.94. The number of carbonyl (C=O) groups excluding carboxylic acids is 1. The van der Waals surface area contributed by atoms with Crippen molar-refractivity contribution in [3.8, 4) is 0 Å². The van der Waals surface area contributed by atoms with E-state index in [2.05, 4.69) is 6.92 Å². The Morgan fingerprint density at radius 1 is 1.33 bits per heavy atom. The number of hydrogen-bond acceptors (Lipinski definition) is 2. The third kappa shape index (κ3) is 2.07. The molecule has 0 aromatic carbocycles. The molecule has 0 saturated heterocycles. The van der Waals surface area contributed by atoms with Crippen LogP contribution in [0.2, 0.25) is 0 Å². The zero-order chi connectivity index (χ0) is 9.19. The van der Waals surface area contributed by atoms with Crippen molar-refractivity contribution in [2.24, 2.45) is 11.8 Å². The first kappa shape index (κ1) is 9.72. The van der Waals surface area contributed by atoms with Crippen LogP contribution in [0.25, 0.3) is 0 Å². The average Bonchev–Trinajstić information content (AvgIpc) is 2.05. The van der Waals surface area contributed by atoms with Crippen molar-refractivity contribution in [3.05, 3.63) is 0 Å². The van der Waals surface area contributed by atoms with Crippen LogP contribution in [0.3, 0.4) is 0 Å². The molecule has 0 aliphatic heterocycles. The quantitative estimate of drug-likeness (QED) is 0.641. The number of hydrogen-bond donors (Lipinski definition) is 1. The van der Waals surface area contributed by atoms with Crippen LogP contribution in [0.1, 0.15) is 39.5 Å². The normalized spacial score (nSPS) is 35.6. The molecule has 0 aromatic rings. The van der Waals surface area contributed by atoms with E-state index in [1.165, 1.54) is 0 Å². The van der Waals surface area contributed by atoms with Crippen molar-refractivity contribution in [3.63, 3.8) is 0 Å². The third-order valence-electron chi connectivity index (χ3n) is 3.08. The molecule has 1 unspecified atom stereocenters. The SMILES string of the molecule is CC1CCC(C(C)(O)C=O)CC1. The first-order chi connectivity index (χ1) is 5.56. The maximum absolute atomic E-state index is 10.6. The summed E-state index contributed by atoms with van der Waals surface area (Å²) >= 11 is 0. The lowest BCUT2D eigenvalue weighted by atomic mass is 9.75. The van der Waals surface area contributed by atoms with Crippen LogP contribution in [-0.4, -0.2) is 17.0 Å². The van der Waals surface area contributed by atoms with E-state index in [0.717, 1.165) is 31.6 Å². The molecule has 2 heteroatoms. The second-order valence-corrected chi connectivity index (χ2v) is 4.30. The molecular weight excluding hydrogens is 152 g/mol. The monoisotopic (exact) mass is 170 g/mol. The van der Waals surface area contributed by atoms with Gasteiger partial charge in [-0.25, -0.2) is 0 Å². The lowest BCUT2D eigenvalue weighted by Crippen LogP contribution is -2.38. The molecule has 12 heavy (non-hydrogen) atoms. The van der Waals surface area contributed by atoms with E-state index in [0.29, 0.717) is 6.29 Å². The van der Waals surface area contributed by atoms with Crippen LogP contribution in [-0.2, 0) is 4.79 Å². The van der Waals surface area contributed by atoms with Gasteiger partial charge in [0, 0.05) is 0 Å². The summed E-state index contributed by atoms with van der Waals surface area (Å²) in [5.74, 6) is 0.954. The second kappa shape index (κ2) is 3.56. The Labute approximate surface area is 74.0 Å². The van der Waals surface area contributed by atoms with Gasteiger partial charge in [-0.2, -0.15) is 0 Å². The Morgan fingerprint density at radius 2 is 1.83 bits per heavy atom. The smallest absolute Gasteiger partial charge is 0.151 e. The molecule has 0 aromatic heterocycles. The Morgan fingerprint density at radius 3 is 2.25 bits per heavy atom. The van der Waals surface area contributed by atoms with Gasteiger partial charge in [0.15, 0.2) is 6.29 Å². The van der Waals surface area contributed by atoms with Gasteiger partial charge in [0.2, 0.25) is 0 Å². The van der Waals surface area contributed by atoms with Gasteiger partial charge in [-0.1, -0.05) is 19.8 Å². The van der Waals surface area contributed by atoms with Crippen LogP contribution in [0, 0.1) is 11.8 Å². The van der Waals surface area contributed by atoms with Crippen LogP contribution in [0.5, 0.6) is 0 Å².